The molecule has 0 bridgehead atoms. The molecule has 0 spiro atoms. The number of thiophene rings is 1. The van der Waals surface area contributed by atoms with Gasteiger partial charge in [-0.1, -0.05) is 0 Å². The molecule has 0 aliphatic heterocycles. The van der Waals surface area contributed by atoms with Gasteiger partial charge < -0.3 is 9.47 Å². The topological polar surface area (TPSA) is 76.7 Å². The van der Waals surface area contributed by atoms with E-state index >= 15 is 0 Å². The molecule has 1 heterocycles. The lowest BCUT2D eigenvalue weighted by atomic mass is 10.1. The van der Waals surface area contributed by atoms with Gasteiger partial charge in [-0.2, -0.15) is 0 Å². The number of benzene rings is 1. The Bertz CT molecular complexity index is 720. The largest absolute Gasteiger partial charge is 0.496 e. The number of hydrogen-bond acceptors (Lipinski definition) is 5. The average Bonchev–Trinajstić information content (AvgIpc) is 2.99. The molecule has 2 aromatic rings. The maximum Gasteiger partial charge on any atom is 0.279 e. The SMILES string of the molecule is COc1cc(C(=O)NNC(=O)c2ccc(Br)s2)cc(OC)c1C. The highest BCUT2D eigenvalue weighted by Gasteiger charge is 2.15. The highest BCUT2D eigenvalue weighted by atomic mass is 79.9. The van der Waals surface area contributed by atoms with E-state index in [4.69, 9.17) is 9.47 Å². The lowest BCUT2D eigenvalue weighted by molar-refractivity contribution is 0.0848. The maximum absolute atomic E-state index is 12.2. The highest BCUT2D eigenvalue weighted by Crippen LogP contribution is 2.29. The smallest absolute Gasteiger partial charge is 0.279 e. The van der Waals surface area contributed by atoms with Crippen molar-refractivity contribution < 1.29 is 19.1 Å². The van der Waals surface area contributed by atoms with Gasteiger partial charge in [0, 0.05) is 11.1 Å². The predicted octanol–water partition coefficient (Wildman–Crippen LogP) is 2.91. The first kappa shape index (κ1) is 17.3. The summed E-state index contributed by atoms with van der Waals surface area (Å²) in [4.78, 5) is 24.6. The minimum absolute atomic E-state index is 0.317. The number of carbonyl (C=O) groups excluding carboxylic acids is 2. The fourth-order valence-electron chi connectivity index (χ4n) is 1.90. The van der Waals surface area contributed by atoms with E-state index in [1.807, 2.05) is 6.92 Å². The zero-order valence-electron chi connectivity index (χ0n) is 12.7. The molecule has 122 valence electrons. The summed E-state index contributed by atoms with van der Waals surface area (Å²) in [6.45, 7) is 1.83. The van der Waals surface area contributed by atoms with Gasteiger partial charge in [-0.25, -0.2) is 0 Å². The van der Waals surface area contributed by atoms with Crippen LogP contribution in [-0.2, 0) is 0 Å². The van der Waals surface area contributed by atoms with E-state index in [0.717, 1.165) is 9.35 Å². The Morgan fingerprint density at radius 2 is 1.61 bits per heavy atom. The molecule has 1 aromatic heterocycles. The molecule has 0 aliphatic carbocycles. The Morgan fingerprint density at radius 1 is 1.04 bits per heavy atom. The van der Waals surface area contributed by atoms with E-state index in [-0.39, 0.29) is 5.91 Å². The average molecular weight is 399 g/mol. The Kier molecular flexibility index (Phi) is 5.62. The second kappa shape index (κ2) is 7.47. The van der Waals surface area contributed by atoms with E-state index in [1.165, 1.54) is 25.6 Å². The summed E-state index contributed by atoms with van der Waals surface area (Å²) in [7, 11) is 3.03. The van der Waals surface area contributed by atoms with Crippen molar-refractivity contribution in [2.24, 2.45) is 0 Å². The second-order valence-electron chi connectivity index (χ2n) is 4.52. The van der Waals surface area contributed by atoms with Gasteiger partial charge in [0.25, 0.3) is 11.8 Å². The van der Waals surface area contributed by atoms with Gasteiger partial charge in [0.05, 0.1) is 22.9 Å². The molecule has 0 saturated carbocycles. The van der Waals surface area contributed by atoms with E-state index in [2.05, 4.69) is 26.8 Å². The molecular weight excluding hydrogens is 384 g/mol. The van der Waals surface area contributed by atoms with Crippen molar-refractivity contribution in [3.8, 4) is 11.5 Å². The number of nitrogens with one attached hydrogen (secondary N) is 2. The van der Waals surface area contributed by atoms with Crippen molar-refractivity contribution in [2.45, 2.75) is 6.92 Å². The van der Waals surface area contributed by atoms with E-state index in [9.17, 15) is 9.59 Å². The number of amides is 2. The third kappa shape index (κ3) is 4.02. The van der Waals surface area contributed by atoms with Crippen LogP contribution in [0, 0.1) is 6.92 Å². The normalized spacial score (nSPS) is 10.1. The van der Waals surface area contributed by atoms with Crippen LogP contribution in [0.5, 0.6) is 11.5 Å². The molecule has 2 N–H and O–H groups in total. The van der Waals surface area contributed by atoms with Crippen LogP contribution in [0.2, 0.25) is 0 Å². The predicted molar refractivity (Wildman–Crippen MR) is 91.2 cm³/mol. The first-order chi connectivity index (χ1) is 11.0. The summed E-state index contributed by atoms with van der Waals surface area (Å²) in [5, 5.41) is 0. The van der Waals surface area contributed by atoms with Crippen molar-refractivity contribution in [2.75, 3.05) is 14.2 Å². The Balaban J connectivity index is 2.10. The summed E-state index contributed by atoms with van der Waals surface area (Å²) < 4.78 is 11.3. The molecule has 8 heteroatoms. The van der Waals surface area contributed by atoms with Gasteiger partial charge in [-0.3, -0.25) is 20.4 Å². The van der Waals surface area contributed by atoms with Gasteiger partial charge in [0.15, 0.2) is 0 Å². The number of ether oxygens (including phenoxy) is 2. The first-order valence-electron chi connectivity index (χ1n) is 6.55. The molecule has 2 amide bonds. The van der Waals surface area contributed by atoms with E-state index in [1.54, 1.807) is 24.3 Å². The number of hydrogen-bond donors (Lipinski definition) is 2. The molecular formula is C15H15BrN2O4S. The summed E-state index contributed by atoms with van der Waals surface area (Å²) >= 11 is 4.55. The third-order valence-corrected chi connectivity index (χ3v) is 4.72. The summed E-state index contributed by atoms with van der Waals surface area (Å²) in [6, 6.07) is 6.59. The molecule has 0 fully saturated rings. The number of hydrazine groups is 1. The van der Waals surface area contributed by atoms with Gasteiger partial charge >= 0.3 is 0 Å². The molecule has 0 saturated heterocycles. The van der Waals surface area contributed by atoms with Gasteiger partial charge in [-0.05, 0) is 47.1 Å². The molecule has 0 radical (unpaired) electrons. The fourth-order valence-corrected chi connectivity index (χ4v) is 3.18. The van der Waals surface area contributed by atoms with Crippen molar-refractivity contribution in [3.63, 3.8) is 0 Å². The lowest BCUT2D eigenvalue weighted by Crippen LogP contribution is -2.41. The molecule has 1 aromatic carbocycles. The zero-order chi connectivity index (χ0) is 17.0. The van der Waals surface area contributed by atoms with Crippen LogP contribution in [0.4, 0.5) is 0 Å². The quantitative estimate of drug-likeness (QED) is 0.776. The van der Waals surface area contributed by atoms with Crippen molar-refractivity contribution >= 4 is 39.1 Å². The molecule has 0 atom stereocenters. The first-order valence-corrected chi connectivity index (χ1v) is 8.16. The van der Waals surface area contributed by atoms with E-state index < -0.39 is 5.91 Å². The number of carbonyl (C=O) groups is 2. The Hall–Kier alpha value is -2.06. The van der Waals surface area contributed by atoms with E-state index in [0.29, 0.717) is 21.9 Å². The van der Waals surface area contributed by atoms with Crippen LogP contribution >= 0.6 is 27.3 Å². The summed E-state index contributed by atoms with van der Waals surface area (Å²) in [5.74, 6) is 0.205. The molecule has 0 unspecified atom stereocenters. The minimum atomic E-state index is -0.467. The van der Waals surface area contributed by atoms with Crippen LogP contribution < -0.4 is 20.3 Å². The molecule has 23 heavy (non-hydrogen) atoms. The van der Waals surface area contributed by atoms with Crippen molar-refractivity contribution in [1.29, 1.82) is 0 Å². The van der Waals surface area contributed by atoms with Gasteiger partial charge in [0.1, 0.15) is 11.5 Å². The summed E-state index contributed by atoms with van der Waals surface area (Å²) in [5.41, 5.74) is 5.85. The van der Waals surface area contributed by atoms with Crippen LogP contribution in [0.1, 0.15) is 25.6 Å². The maximum atomic E-state index is 12.2. The van der Waals surface area contributed by atoms with Crippen LogP contribution in [-0.4, -0.2) is 26.0 Å². The number of halogens is 1. The number of methoxy groups -OCH3 is 2. The monoisotopic (exact) mass is 398 g/mol. The van der Waals surface area contributed by atoms with Crippen LogP contribution in [0.25, 0.3) is 0 Å². The molecule has 6 nitrogen and oxygen atoms in total. The summed E-state index contributed by atoms with van der Waals surface area (Å²) in [6.07, 6.45) is 0. The Labute approximate surface area is 145 Å². The van der Waals surface area contributed by atoms with Gasteiger partial charge in [0.2, 0.25) is 0 Å². The van der Waals surface area contributed by atoms with Crippen LogP contribution in [0.15, 0.2) is 28.1 Å². The number of rotatable bonds is 4. The van der Waals surface area contributed by atoms with Crippen molar-refractivity contribution in [3.05, 3.63) is 44.1 Å². The minimum Gasteiger partial charge on any atom is -0.496 e. The molecule has 0 aliphatic rings. The third-order valence-electron chi connectivity index (χ3n) is 3.10. The molecule has 2 rings (SSSR count). The second-order valence-corrected chi connectivity index (χ2v) is 6.98. The fraction of sp³-hybridized carbons (Fsp3) is 0.200. The highest BCUT2D eigenvalue weighted by molar-refractivity contribution is 9.11. The van der Waals surface area contributed by atoms with Gasteiger partial charge in [-0.15, -0.1) is 11.3 Å². The zero-order valence-corrected chi connectivity index (χ0v) is 15.1. The van der Waals surface area contributed by atoms with Crippen LogP contribution in [0.3, 0.4) is 0 Å². The lowest BCUT2D eigenvalue weighted by Gasteiger charge is -2.13. The Morgan fingerprint density at radius 3 is 2.09 bits per heavy atom. The van der Waals surface area contributed by atoms with Crippen molar-refractivity contribution in [1.82, 2.24) is 10.9 Å². The standard InChI is InChI=1S/C15H15BrN2O4S/c1-8-10(21-2)6-9(7-11(8)22-3)14(19)17-18-15(20)12-4-5-13(16)23-12/h4-7H,1-3H3,(H,17,19)(H,18,20).